The van der Waals surface area contributed by atoms with Crippen LogP contribution in [0, 0.1) is 6.92 Å². The third-order valence-corrected chi connectivity index (χ3v) is 3.19. The standard InChI is InChI=1S/C14H22N2O/c1-3-15-11-13-4-5-14(12(2)10-13)16-6-8-17-9-7-16/h4-5,10,15H,3,6-9,11H2,1-2H3. The zero-order valence-corrected chi connectivity index (χ0v) is 10.8. The van der Waals surface area contributed by atoms with Crippen LogP contribution in [-0.4, -0.2) is 32.8 Å². The molecule has 2 rings (SSSR count). The van der Waals surface area contributed by atoms with E-state index in [1.54, 1.807) is 0 Å². The normalized spacial score (nSPS) is 16.2. The number of nitrogens with one attached hydrogen (secondary N) is 1. The van der Waals surface area contributed by atoms with Crippen molar-refractivity contribution in [1.82, 2.24) is 5.32 Å². The van der Waals surface area contributed by atoms with E-state index in [4.69, 9.17) is 4.74 Å². The molecule has 0 aliphatic carbocycles. The van der Waals surface area contributed by atoms with Crippen LogP contribution in [0.2, 0.25) is 0 Å². The Morgan fingerprint density at radius 2 is 2.06 bits per heavy atom. The highest BCUT2D eigenvalue weighted by Crippen LogP contribution is 2.22. The van der Waals surface area contributed by atoms with Crippen molar-refractivity contribution < 1.29 is 4.74 Å². The van der Waals surface area contributed by atoms with Crippen molar-refractivity contribution >= 4 is 5.69 Å². The fourth-order valence-corrected chi connectivity index (χ4v) is 2.26. The minimum atomic E-state index is 0.846. The number of morpholine rings is 1. The van der Waals surface area contributed by atoms with Crippen molar-refractivity contribution in [3.05, 3.63) is 29.3 Å². The van der Waals surface area contributed by atoms with Crippen LogP contribution in [0.1, 0.15) is 18.1 Å². The maximum absolute atomic E-state index is 5.39. The Bertz CT molecular complexity index is 359. The van der Waals surface area contributed by atoms with Crippen LogP contribution in [0.4, 0.5) is 5.69 Å². The Kier molecular flexibility index (Phi) is 4.40. The largest absolute Gasteiger partial charge is 0.378 e. The van der Waals surface area contributed by atoms with Crippen molar-refractivity contribution in [2.75, 3.05) is 37.7 Å². The van der Waals surface area contributed by atoms with Crippen molar-refractivity contribution in [3.8, 4) is 0 Å². The van der Waals surface area contributed by atoms with E-state index in [1.165, 1.54) is 16.8 Å². The van der Waals surface area contributed by atoms with Gasteiger partial charge in [-0.2, -0.15) is 0 Å². The summed E-state index contributed by atoms with van der Waals surface area (Å²) < 4.78 is 5.39. The zero-order chi connectivity index (χ0) is 12.1. The van der Waals surface area contributed by atoms with Gasteiger partial charge in [0, 0.05) is 25.3 Å². The van der Waals surface area contributed by atoms with Gasteiger partial charge in [-0.25, -0.2) is 0 Å². The van der Waals surface area contributed by atoms with E-state index in [0.29, 0.717) is 0 Å². The number of benzene rings is 1. The number of rotatable bonds is 4. The second-order valence-corrected chi connectivity index (χ2v) is 4.50. The van der Waals surface area contributed by atoms with Crippen LogP contribution >= 0.6 is 0 Å². The molecule has 0 saturated carbocycles. The fraction of sp³-hybridized carbons (Fsp3) is 0.571. The number of hydrogen-bond acceptors (Lipinski definition) is 3. The highest BCUT2D eigenvalue weighted by Gasteiger charge is 2.13. The topological polar surface area (TPSA) is 24.5 Å². The summed E-state index contributed by atoms with van der Waals surface area (Å²) in [5, 5.41) is 3.36. The quantitative estimate of drug-likeness (QED) is 0.861. The third kappa shape index (κ3) is 3.20. The molecule has 1 aromatic rings. The molecule has 1 N–H and O–H groups in total. The highest BCUT2D eigenvalue weighted by atomic mass is 16.5. The molecule has 3 nitrogen and oxygen atoms in total. The highest BCUT2D eigenvalue weighted by molar-refractivity contribution is 5.54. The fourth-order valence-electron chi connectivity index (χ4n) is 2.26. The lowest BCUT2D eigenvalue weighted by molar-refractivity contribution is 0.122. The van der Waals surface area contributed by atoms with Gasteiger partial charge in [0.25, 0.3) is 0 Å². The molecule has 0 radical (unpaired) electrons. The van der Waals surface area contributed by atoms with E-state index in [0.717, 1.165) is 39.4 Å². The number of anilines is 1. The van der Waals surface area contributed by atoms with Gasteiger partial charge in [-0.15, -0.1) is 0 Å². The van der Waals surface area contributed by atoms with Crippen molar-refractivity contribution in [2.45, 2.75) is 20.4 Å². The lowest BCUT2D eigenvalue weighted by atomic mass is 10.1. The second-order valence-electron chi connectivity index (χ2n) is 4.50. The monoisotopic (exact) mass is 234 g/mol. The molecule has 1 saturated heterocycles. The molecule has 0 amide bonds. The van der Waals surface area contributed by atoms with Gasteiger partial charge >= 0.3 is 0 Å². The summed E-state index contributed by atoms with van der Waals surface area (Å²) in [6.07, 6.45) is 0. The molecule has 1 aliphatic rings. The Balaban J connectivity index is 2.07. The summed E-state index contributed by atoms with van der Waals surface area (Å²) in [6.45, 7) is 10.0. The van der Waals surface area contributed by atoms with Crippen molar-refractivity contribution in [3.63, 3.8) is 0 Å². The lowest BCUT2D eigenvalue weighted by Gasteiger charge is -2.30. The molecule has 0 aromatic heterocycles. The SMILES string of the molecule is CCNCc1ccc(N2CCOCC2)c(C)c1. The maximum Gasteiger partial charge on any atom is 0.0642 e. The molecule has 17 heavy (non-hydrogen) atoms. The van der Waals surface area contributed by atoms with E-state index in [2.05, 4.69) is 42.3 Å². The Hall–Kier alpha value is -1.06. The number of aryl methyl sites for hydroxylation is 1. The summed E-state index contributed by atoms with van der Waals surface area (Å²) in [5.74, 6) is 0. The first-order valence-electron chi connectivity index (χ1n) is 6.44. The van der Waals surface area contributed by atoms with Gasteiger partial charge in [-0.1, -0.05) is 19.1 Å². The van der Waals surface area contributed by atoms with Gasteiger partial charge in [-0.3, -0.25) is 0 Å². The van der Waals surface area contributed by atoms with Crippen LogP contribution in [0.3, 0.4) is 0 Å². The molecule has 3 heteroatoms. The number of hydrogen-bond donors (Lipinski definition) is 1. The molecule has 1 heterocycles. The molecule has 1 aliphatic heterocycles. The Morgan fingerprint density at radius 3 is 2.71 bits per heavy atom. The van der Waals surface area contributed by atoms with E-state index in [1.807, 2.05) is 0 Å². The van der Waals surface area contributed by atoms with Crippen LogP contribution < -0.4 is 10.2 Å². The zero-order valence-electron chi connectivity index (χ0n) is 10.8. The molecule has 0 unspecified atom stereocenters. The first-order chi connectivity index (χ1) is 8.31. The van der Waals surface area contributed by atoms with Gasteiger partial charge in [0.05, 0.1) is 13.2 Å². The number of ether oxygens (including phenoxy) is 1. The van der Waals surface area contributed by atoms with Gasteiger partial charge in [0.2, 0.25) is 0 Å². The van der Waals surface area contributed by atoms with Gasteiger partial charge < -0.3 is 15.0 Å². The minimum absolute atomic E-state index is 0.846. The second kappa shape index (κ2) is 6.03. The van der Waals surface area contributed by atoms with E-state index in [9.17, 15) is 0 Å². The number of nitrogens with zero attached hydrogens (tertiary/aromatic N) is 1. The van der Waals surface area contributed by atoms with E-state index < -0.39 is 0 Å². The van der Waals surface area contributed by atoms with Crippen LogP contribution in [0.15, 0.2) is 18.2 Å². The summed E-state index contributed by atoms with van der Waals surface area (Å²) in [4.78, 5) is 2.41. The molecule has 1 fully saturated rings. The van der Waals surface area contributed by atoms with E-state index in [-0.39, 0.29) is 0 Å². The van der Waals surface area contributed by atoms with Gasteiger partial charge in [0.15, 0.2) is 0 Å². The summed E-state index contributed by atoms with van der Waals surface area (Å²) in [5.41, 5.74) is 4.08. The average Bonchev–Trinajstić information content (AvgIpc) is 2.37. The van der Waals surface area contributed by atoms with Gasteiger partial charge in [-0.05, 0) is 30.7 Å². The molecule has 0 bridgehead atoms. The van der Waals surface area contributed by atoms with Crippen LogP contribution in [0.25, 0.3) is 0 Å². The van der Waals surface area contributed by atoms with E-state index >= 15 is 0 Å². The Morgan fingerprint density at radius 1 is 1.29 bits per heavy atom. The first kappa shape index (κ1) is 12.4. The molecular weight excluding hydrogens is 212 g/mol. The minimum Gasteiger partial charge on any atom is -0.378 e. The molecule has 0 atom stereocenters. The Labute approximate surface area is 104 Å². The summed E-state index contributed by atoms with van der Waals surface area (Å²) in [6, 6.07) is 6.75. The average molecular weight is 234 g/mol. The molecule has 1 aromatic carbocycles. The maximum atomic E-state index is 5.39. The van der Waals surface area contributed by atoms with Crippen molar-refractivity contribution in [2.24, 2.45) is 0 Å². The third-order valence-electron chi connectivity index (χ3n) is 3.19. The predicted octanol–water partition coefficient (Wildman–Crippen LogP) is 1.94. The predicted molar refractivity (Wildman–Crippen MR) is 71.6 cm³/mol. The summed E-state index contributed by atoms with van der Waals surface area (Å²) >= 11 is 0. The molecule has 0 spiro atoms. The summed E-state index contributed by atoms with van der Waals surface area (Å²) in [7, 11) is 0. The van der Waals surface area contributed by atoms with Crippen LogP contribution in [-0.2, 0) is 11.3 Å². The first-order valence-corrected chi connectivity index (χ1v) is 6.44. The smallest absolute Gasteiger partial charge is 0.0642 e. The molecule has 94 valence electrons. The van der Waals surface area contributed by atoms with Gasteiger partial charge in [0.1, 0.15) is 0 Å². The van der Waals surface area contributed by atoms with Crippen molar-refractivity contribution in [1.29, 1.82) is 0 Å². The lowest BCUT2D eigenvalue weighted by Crippen LogP contribution is -2.36. The molecular formula is C14H22N2O. The van der Waals surface area contributed by atoms with Crippen LogP contribution in [0.5, 0.6) is 0 Å².